The van der Waals surface area contributed by atoms with Crippen LogP contribution in [0.4, 0.5) is 11.4 Å². The van der Waals surface area contributed by atoms with Gasteiger partial charge in [0, 0.05) is 18.8 Å². The topological polar surface area (TPSA) is 98.7 Å². The Morgan fingerprint density at radius 3 is 2.00 bits per heavy atom. The zero-order valence-electron chi connectivity index (χ0n) is 22.9. The van der Waals surface area contributed by atoms with Crippen LogP contribution < -0.4 is 21.5 Å². The number of rotatable bonds is 7. The van der Waals surface area contributed by atoms with Gasteiger partial charge < -0.3 is 25.4 Å². The molecule has 0 heterocycles. The highest BCUT2D eigenvalue weighted by Gasteiger charge is 2.12. The molecule has 196 valence electrons. The summed E-state index contributed by atoms with van der Waals surface area (Å²) in [6, 6.07) is 9.12. The Bertz CT molecular complexity index is 935. The fraction of sp³-hybridized carbons (Fsp3) is 0.393. The highest BCUT2D eigenvalue weighted by molar-refractivity contribution is 5.65. The predicted octanol–water partition coefficient (Wildman–Crippen LogP) is 5.30. The van der Waals surface area contributed by atoms with Gasteiger partial charge in [-0.2, -0.15) is 0 Å². The molecule has 0 fully saturated rings. The van der Waals surface area contributed by atoms with Crippen LogP contribution in [0.5, 0.6) is 0 Å². The van der Waals surface area contributed by atoms with Gasteiger partial charge in [-0.1, -0.05) is 65.0 Å². The second-order valence-electron chi connectivity index (χ2n) is 7.52. The van der Waals surface area contributed by atoms with Crippen molar-refractivity contribution < 1.29 is 9.90 Å². The molecule has 0 aromatic heterocycles. The fourth-order valence-corrected chi connectivity index (χ4v) is 2.25. The van der Waals surface area contributed by atoms with Gasteiger partial charge in [-0.05, 0) is 63.0 Å². The predicted molar refractivity (Wildman–Crippen MR) is 152 cm³/mol. The first-order chi connectivity index (χ1) is 16.7. The maximum Gasteiger partial charge on any atom is 0.249 e. The molecule has 0 radical (unpaired) electrons. The largest absolute Gasteiger partial charge is 0.515 e. The van der Waals surface area contributed by atoms with Crippen LogP contribution >= 0.6 is 0 Å². The molecule has 0 saturated heterocycles. The van der Waals surface area contributed by atoms with E-state index in [1.807, 2.05) is 109 Å². The summed E-state index contributed by atoms with van der Waals surface area (Å²) in [5, 5.41) is 14.5. The average molecular weight is 488 g/mol. The molecular formula is C28H45N3O4. The van der Waals surface area contributed by atoms with Gasteiger partial charge >= 0.3 is 0 Å². The first-order valence-electron chi connectivity index (χ1n) is 11.6. The molecule has 2 aromatic rings. The molecule has 0 aliphatic rings. The van der Waals surface area contributed by atoms with E-state index >= 15 is 0 Å². The standard InChI is InChI=1S/C13H13NO2.C9H15NO.C3H9N.C2H6.CH2O/c1-8(2)9-5-3-4-6-10(9)14-11-7-12(15)13(11)16;1-3-9(8-11)6-4-5-7-10-2;1-4(2)3;2*1-2/h3-8,14H,1-2H3;4-8,10-11H,3H2,1-2H3;1-3H3;1-2H3;1H2/b;6-4-,7-5+,9-8+;;;. The Morgan fingerprint density at radius 1 is 1.06 bits per heavy atom. The fourth-order valence-electron chi connectivity index (χ4n) is 2.25. The summed E-state index contributed by atoms with van der Waals surface area (Å²) in [6.45, 7) is 12.2. The minimum absolute atomic E-state index is 0.371. The maximum atomic E-state index is 11.2. The van der Waals surface area contributed by atoms with Crippen LogP contribution in [0.2, 0.25) is 0 Å². The van der Waals surface area contributed by atoms with Gasteiger partial charge in [-0.25, -0.2) is 0 Å². The van der Waals surface area contributed by atoms with Gasteiger partial charge in [0.25, 0.3) is 0 Å². The van der Waals surface area contributed by atoms with Crippen LogP contribution in [0, 0.1) is 0 Å². The highest BCUT2D eigenvalue weighted by Crippen LogP contribution is 2.25. The second kappa shape index (κ2) is 23.7. The third kappa shape index (κ3) is 17.7. The van der Waals surface area contributed by atoms with Gasteiger partial charge in [0.2, 0.25) is 10.9 Å². The van der Waals surface area contributed by atoms with Crippen molar-refractivity contribution in [3.8, 4) is 0 Å². The van der Waals surface area contributed by atoms with Crippen LogP contribution in [0.3, 0.4) is 0 Å². The quantitative estimate of drug-likeness (QED) is 0.277. The molecule has 7 heteroatoms. The number of nitrogens with zero attached hydrogens (tertiary/aromatic N) is 1. The smallest absolute Gasteiger partial charge is 0.249 e. The number of allylic oxidation sites excluding steroid dienone is 4. The van der Waals surface area contributed by atoms with Gasteiger partial charge in [-0.3, -0.25) is 9.59 Å². The lowest BCUT2D eigenvalue weighted by Gasteiger charge is -2.14. The van der Waals surface area contributed by atoms with Crippen LogP contribution in [0.15, 0.2) is 76.2 Å². The number of hydrogen-bond donors (Lipinski definition) is 3. The van der Waals surface area contributed by atoms with Crippen molar-refractivity contribution in [2.75, 3.05) is 33.5 Å². The van der Waals surface area contributed by atoms with E-state index in [1.165, 1.54) is 6.07 Å². The number of benzene rings is 1. The monoisotopic (exact) mass is 487 g/mol. The van der Waals surface area contributed by atoms with Crippen molar-refractivity contribution in [1.82, 2.24) is 10.2 Å². The molecule has 0 aliphatic carbocycles. The van der Waals surface area contributed by atoms with E-state index in [4.69, 9.17) is 9.90 Å². The number of para-hydroxylation sites is 1. The number of aliphatic hydroxyl groups excluding tert-OH is 1. The summed E-state index contributed by atoms with van der Waals surface area (Å²) < 4.78 is 0. The summed E-state index contributed by atoms with van der Waals surface area (Å²) in [6.07, 6.45) is 9.42. The lowest BCUT2D eigenvalue weighted by molar-refractivity contribution is -0.0980. The van der Waals surface area contributed by atoms with E-state index in [0.717, 1.165) is 29.5 Å². The molecule has 0 spiro atoms. The van der Waals surface area contributed by atoms with Crippen molar-refractivity contribution in [2.45, 2.75) is 47.0 Å². The molecule has 7 nitrogen and oxygen atoms in total. The molecule has 0 saturated carbocycles. The SMILES string of the molecule is C=O.CC.CC(C)c1ccccc1Nc1cc(=O)c1=O.CCC(/C=C\C=C\NC)=C\O.CN(C)C. The van der Waals surface area contributed by atoms with E-state index in [0.29, 0.717) is 11.6 Å². The Hall–Kier alpha value is -3.45. The summed E-state index contributed by atoms with van der Waals surface area (Å²) in [5.74, 6) is 0.371. The lowest BCUT2D eigenvalue weighted by Crippen LogP contribution is -2.31. The van der Waals surface area contributed by atoms with Crippen LogP contribution in [-0.2, 0) is 4.79 Å². The number of aliphatic hydroxyl groups is 1. The Kier molecular flexibility index (Phi) is 24.5. The zero-order valence-corrected chi connectivity index (χ0v) is 22.9. The number of nitrogens with one attached hydrogen (secondary N) is 2. The first kappa shape index (κ1) is 36.1. The van der Waals surface area contributed by atoms with Crippen molar-refractivity contribution in [3.05, 3.63) is 92.6 Å². The number of anilines is 2. The van der Waals surface area contributed by atoms with Crippen molar-refractivity contribution in [2.24, 2.45) is 0 Å². The molecule has 3 N–H and O–H groups in total. The first-order valence-corrected chi connectivity index (χ1v) is 11.6. The molecular weight excluding hydrogens is 442 g/mol. The van der Waals surface area contributed by atoms with E-state index in [-0.39, 0.29) is 0 Å². The zero-order chi connectivity index (χ0) is 27.8. The molecule has 2 aromatic carbocycles. The number of carbonyl (C=O) groups excluding carboxylic acids is 1. The Morgan fingerprint density at radius 2 is 1.60 bits per heavy atom. The second-order valence-corrected chi connectivity index (χ2v) is 7.52. The summed E-state index contributed by atoms with van der Waals surface area (Å²) in [7, 11) is 7.84. The molecule has 0 atom stereocenters. The minimum atomic E-state index is -0.432. The highest BCUT2D eigenvalue weighted by atomic mass is 16.2. The van der Waals surface area contributed by atoms with Crippen molar-refractivity contribution in [3.63, 3.8) is 0 Å². The van der Waals surface area contributed by atoms with Crippen LogP contribution in [-0.4, -0.2) is 45.0 Å². The molecule has 0 aliphatic heterocycles. The molecule has 35 heavy (non-hydrogen) atoms. The maximum absolute atomic E-state index is 11.2. The van der Waals surface area contributed by atoms with E-state index < -0.39 is 10.9 Å². The molecule has 0 bridgehead atoms. The van der Waals surface area contributed by atoms with E-state index in [1.54, 1.807) is 0 Å². The van der Waals surface area contributed by atoms with Gasteiger partial charge in [0.15, 0.2) is 0 Å². The van der Waals surface area contributed by atoms with E-state index in [2.05, 4.69) is 24.5 Å². The van der Waals surface area contributed by atoms with Gasteiger partial charge in [-0.15, -0.1) is 0 Å². The van der Waals surface area contributed by atoms with Crippen molar-refractivity contribution >= 4 is 18.2 Å². The summed E-state index contributed by atoms with van der Waals surface area (Å²) >= 11 is 0. The minimum Gasteiger partial charge on any atom is -0.515 e. The summed E-state index contributed by atoms with van der Waals surface area (Å²) in [5.41, 5.74) is 2.48. The van der Waals surface area contributed by atoms with Crippen molar-refractivity contribution in [1.29, 1.82) is 0 Å². The van der Waals surface area contributed by atoms with E-state index in [9.17, 15) is 9.59 Å². The third-order valence-electron chi connectivity index (χ3n) is 3.85. The third-order valence-corrected chi connectivity index (χ3v) is 3.85. The number of hydrogen-bond acceptors (Lipinski definition) is 7. The Balaban J connectivity index is -0.000000470. The Labute approximate surface area is 211 Å². The summed E-state index contributed by atoms with van der Waals surface area (Å²) in [4.78, 5) is 32.0. The van der Waals surface area contributed by atoms with Crippen LogP contribution in [0.25, 0.3) is 0 Å². The van der Waals surface area contributed by atoms with Gasteiger partial charge in [0.1, 0.15) is 6.79 Å². The van der Waals surface area contributed by atoms with Crippen LogP contribution in [0.1, 0.15) is 52.5 Å². The van der Waals surface area contributed by atoms with Gasteiger partial charge in [0.05, 0.1) is 11.9 Å². The molecule has 2 rings (SSSR count). The molecule has 0 amide bonds. The normalized spacial score (nSPS) is 10.4. The lowest BCUT2D eigenvalue weighted by atomic mass is 10.0. The number of carbonyl (C=O) groups is 1. The average Bonchev–Trinajstić information content (AvgIpc) is 2.86. The molecule has 0 unspecified atom stereocenters.